The number of rotatable bonds is 30. The molecule has 6 aliphatic heterocycles. The minimum atomic E-state index is -2.07. The molecule has 30 atom stereocenters. The van der Waals surface area contributed by atoms with E-state index in [0.29, 0.717) is 18.6 Å². The molecule has 1 aromatic rings. The van der Waals surface area contributed by atoms with Crippen LogP contribution >= 0.6 is 0 Å². The summed E-state index contributed by atoms with van der Waals surface area (Å²) in [5.41, 5.74) is 0.0342. The highest BCUT2D eigenvalue weighted by Crippen LogP contribution is 2.37. The molecule has 6 saturated heterocycles. The molecule has 6 heterocycles. The van der Waals surface area contributed by atoms with Crippen molar-refractivity contribution in [1.29, 1.82) is 0 Å². The molecule has 14 unspecified atom stereocenters. The van der Waals surface area contributed by atoms with Crippen LogP contribution in [0.3, 0.4) is 0 Å². The molecule has 36 nitrogen and oxygen atoms in total. The van der Waals surface area contributed by atoms with E-state index in [0.717, 1.165) is 59.8 Å². The van der Waals surface area contributed by atoms with Crippen molar-refractivity contribution in [3.05, 3.63) is 29.8 Å². The zero-order valence-corrected chi connectivity index (χ0v) is 56.0. The number of carbonyl (C=O) groups excluding carboxylic acids is 5. The first-order chi connectivity index (χ1) is 47.2. The van der Waals surface area contributed by atoms with Gasteiger partial charge in [0.25, 0.3) is 5.91 Å². The molecule has 0 saturated carbocycles. The van der Waals surface area contributed by atoms with Gasteiger partial charge in [0.05, 0.1) is 45.7 Å². The quantitative estimate of drug-likeness (QED) is 0.0251. The Morgan fingerprint density at radius 3 is 1.35 bits per heavy atom. The number of carbonyl (C=O) groups is 5. The van der Waals surface area contributed by atoms with Gasteiger partial charge in [0.1, 0.15) is 146 Å². The number of amides is 5. The largest absolute Gasteiger partial charge is 0.494 e. The zero-order valence-electron chi connectivity index (χ0n) is 56.0. The van der Waals surface area contributed by atoms with Gasteiger partial charge in [0.15, 0.2) is 37.7 Å². The summed E-state index contributed by atoms with van der Waals surface area (Å²) in [5.74, 6) is 2.59. The minimum absolute atomic E-state index is 0.0342. The fraction of sp³-hybridized carbons (Fsp3) is 0.794. The normalized spacial score (nSPS) is 39.4. The van der Waals surface area contributed by atoms with Gasteiger partial charge < -0.3 is 155 Å². The van der Waals surface area contributed by atoms with E-state index in [2.05, 4.69) is 45.3 Å². The first-order valence-corrected chi connectivity index (χ1v) is 33.0. The Hall–Kier alpha value is -5.07. The van der Waals surface area contributed by atoms with Gasteiger partial charge in [0, 0.05) is 53.2 Å². The van der Waals surface area contributed by atoms with Crippen molar-refractivity contribution in [1.82, 2.24) is 26.6 Å². The number of aliphatic hydroxyl groups is 13. The van der Waals surface area contributed by atoms with E-state index in [1.165, 1.54) is 26.2 Å². The lowest BCUT2D eigenvalue weighted by atomic mass is 9.93. The van der Waals surface area contributed by atoms with Crippen LogP contribution in [0.4, 0.5) is 0 Å². The molecular weight excluding hydrogens is 1320 g/mol. The Balaban J connectivity index is 1.07. The third kappa shape index (κ3) is 20.9. The predicted octanol–water partition coefficient (Wildman–Crippen LogP) is -7.27. The lowest BCUT2D eigenvalue weighted by molar-refractivity contribution is -0.368. The summed E-state index contributed by atoms with van der Waals surface area (Å²) < 4.78 is 77.9. The number of nitrogens with one attached hydrogen (secondary N) is 5. The third-order valence-corrected chi connectivity index (χ3v) is 17.6. The van der Waals surface area contributed by atoms with Gasteiger partial charge in [-0.3, -0.25) is 24.0 Å². The summed E-state index contributed by atoms with van der Waals surface area (Å²) in [6.07, 6.45) is -37.0. The van der Waals surface area contributed by atoms with Crippen molar-refractivity contribution in [2.45, 2.75) is 270 Å². The van der Waals surface area contributed by atoms with E-state index in [1.54, 1.807) is 12.1 Å². The van der Waals surface area contributed by atoms with Crippen LogP contribution in [0.2, 0.25) is 0 Å². The van der Waals surface area contributed by atoms with Crippen LogP contribution in [-0.4, -0.2) is 327 Å². The number of unbranched alkanes of at least 4 members (excludes halogenated alkanes) is 5. The van der Waals surface area contributed by atoms with Gasteiger partial charge in [-0.15, -0.1) is 11.8 Å². The molecule has 5 amide bonds. The van der Waals surface area contributed by atoms with Crippen LogP contribution in [0.15, 0.2) is 24.3 Å². The van der Waals surface area contributed by atoms with E-state index in [4.69, 9.17) is 61.6 Å². The summed E-state index contributed by atoms with van der Waals surface area (Å²) >= 11 is 0. The van der Waals surface area contributed by atoms with Crippen LogP contribution < -0.4 is 31.3 Å². The van der Waals surface area contributed by atoms with Crippen molar-refractivity contribution in [3.8, 4) is 17.6 Å². The summed E-state index contributed by atoms with van der Waals surface area (Å²) in [7, 11) is 1.21. The van der Waals surface area contributed by atoms with Crippen LogP contribution in [0.1, 0.15) is 96.8 Å². The fourth-order valence-corrected chi connectivity index (χ4v) is 12.5. The lowest BCUT2D eigenvalue weighted by Crippen LogP contribution is -2.72. The standard InChI is InChI=1S/C63H99N5O31/c1-8-9-10-11-12-13-14-15-16-20-88-33-19-17-18-32(21-33)57(85)68-40-46(79)45(78)34(22-69)92-59(40)96-52-35(23-70)93-60(41(48(52)81)65-29(4)74)97-53-36(24-71)94-61(42(49(53)82)66-30(5)75)98-54-37(25-72)95-62(43(50(54)83)67-31(6)76)99-55-38(91-58(86)39(47(55)80)64-28(3)73)26-89-63-56(87-7)51(84)44(77)27(2)90-63/h17-19,21,27,34-56,58-63,69-72,77-84,86H,8-12,15-16,20,22-26H2,1-7H3,(H,64,73)(H,65,74)(H,66,75)(H,67,76)(H,68,85)/t27?,34?,35-,36?,37-,38?,39-,40-,41?,42-,43?,44?,45+,46+,47+,48?,49+,50?,51-,52+,53?,54+,55?,56+,58?,59?,60-,61-,62?,63+/m0/s1. The molecule has 0 aliphatic carbocycles. The Morgan fingerprint density at radius 1 is 0.465 bits per heavy atom. The van der Waals surface area contributed by atoms with Crippen LogP contribution in [0.25, 0.3) is 0 Å². The molecular formula is C63H99N5O31. The van der Waals surface area contributed by atoms with E-state index >= 15 is 0 Å². The van der Waals surface area contributed by atoms with Gasteiger partial charge in [-0.25, -0.2) is 0 Å². The molecule has 36 heteroatoms. The highest BCUT2D eigenvalue weighted by molar-refractivity contribution is 5.94. The summed E-state index contributed by atoms with van der Waals surface area (Å²) in [6.45, 7) is 3.43. The maximum atomic E-state index is 13.9. The second kappa shape index (κ2) is 38.4. The Bertz CT molecular complexity index is 2790. The smallest absolute Gasteiger partial charge is 0.251 e. The minimum Gasteiger partial charge on any atom is -0.494 e. The number of benzene rings is 1. The average Bonchev–Trinajstić information content (AvgIpc) is 0.771. The van der Waals surface area contributed by atoms with Crippen molar-refractivity contribution < 1.29 is 152 Å². The van der Waals surface area contributed by atoms with Gasteiger partial charge in [0.2, 0.25) is 23.6 Å². The molecule has 18 N–H and O–H groups in total. The fourth-order valence-electron chi connectivity index (χ4n) is 12.5. The van der Waals surface area contributed by atoms with Crippen molar-refractivity contribution in [2.75, 3.05) is 46.8 Å². The molecule has 0 aromatic heterocycles. The van der Waals surface area contributed by atoms with Crippen molar-refractivity contribution in [2.24, 2.45) is 0 Å². The van der Waals surface area contributed by atoms with Crippen molar-refractivity contribution in [3.63, 3.8) is 0 Å². The first-order valence-electron chi connectivity index (χ1n) is 33.0. The molecule has 562 valence electrons. The summed E-state index contributed by atoms with van der Waals surface area (Å²) in [5, 5.41) is 158. The topological polar surface area (TPSA) is 528 Å². The van der Waals surface area contributed by atoms with Crippen molar-refractivity contribution >= 4 is 29.5 Å². The molecule has 0 bridgehead atoms. The Kier molecular flexibility index (Phi) is 31.5. The molecule has 1 aromatic carbocycles. The third-order valence-electron chi connectivity index (χ3n) is 17.6. The monoisotopic (exact) mass is 1420 g/mol. The van der Waals surface area contributed by atoms with E-state index in [1.807, 2.05) is 0 Å². The maximum Gasteiger partial charge on any atom is 0.251 e. The molecule has 0 radical (unpaired) electrons. The Morgan fingerprint density at radius 2 is 0.899 bits per heavy atom. The van der Waals surface area contributed by atoms with Crippen LogP contribution in [-0.2, 0) is 76.0 Å². The second-order valence-corrected chi connectivity index (χ2v) is 25.1. The SMILES string of the molecule is CCCCCCC#CCCCOc1cccc(C(=O)N[C@@H]2C(O[C@H]3C(O)C(NC(C)=O)[C@H](OC4C(CO)O[C@@H](O[C@H]5C(O)C(NC(C)=O)C(OC6C(CO[C@@H]7OC(C)C(O)[C@H](O)[C@H]7OC)OC(O)[C@@H](NC(C)=O)[C@H]6O)O[C@H]5CO)[C@@H](NC(C)=O)[C@H]4O)O[C@H]3CO)OC(CO)[C@@H](O)[C@@H]2O)c1. The van der Waals surface area contributed by atoms with Gasteiger partial charge in [-0.1, -0.05) is 32.3 Å². The van der Waals surface area contributed by atoms with Crippen LogP contribution in [0, 0.1) is 11.8 Å². The molecule has 6 aliphatic rings. The number of hydrogen-bond acceptors (Lipinski definition) is 31. The summed E-state index contributed by atoms with van der Waals surface area (Å²) in [6, 6.07) is -2.53. The highest BCUT2D eigenvalue weighted by Gasteiger charge is 2.58. The number of aliphatic hydroxyl groups excluding tert-OH is 13. The molecule has 7 rings (SSSR count). The lowest BCUT2D eigenvalue weighted by Gasteiger charge is -2.51. The Labute approximate surface area is 571 Å². The highest BCUT2D eigenvalue weighted by atomic mass is 16.8. The molecule has 6 fully saturated rings. The molecule has 99 heavy (non-hydrogen) atoms. The number of ether oxygens (including phenoxy) is 13. The first kappa shape index (κ1) is 81.2. The zero-order chi connectivity index (χ0) is 72.5. The van der Waals surface area contributed by atoms with E-state index in [9.17, 15) is 90.4 Å². The molecule has 0 spiro atoms. The van der Waals surface area contributed by atoms with Gasteiger partial charge in [-0.05, 0) is 38.0 Å². The van der Waals surface area contributed by atoms with E-state index in [-0.39, 0.29) is 12.2 Å². The average molecular weight is 1420 g/mol. The van der Waals surface area contributed by atoms with Crippen LogP contribution in [0.5, 0.6) is 5.75 Å². The number of hydrogen-bond donors (Lipinski definition) is 18. The van der Waals surface area contributed by atoms with Gasteiger partial charge >= 0.3 is 0 Å². The maximum absolute atomic E-state index is 13.9. The van der Waals surface area contributed by atoms with E-state index < -0.39 is 246 Å². The number of methoxy groups -OCH3 is 1. The summed E-state index contributed by atoms with van der Waals surface area (Å²) in [4.78, 5) is 65.1. The second-order valence-electron chi connectivity index (χ2n) is 25.1. The predicted molar refractivity (Wildman–Crippen MR) is 332 cm³/mol. The van der Waals surface area contributed by atoms with Gasteiger partial charge in [-0.2, -0.15) is 0 Å².